The molecule has 1 aromatic carbocycles. The molecule has 0 fully saturated rings. The SMILES string of the molecule is COc1ccc(-c2cc(N)n(C(=O)c3cc(OC)c(OC)c(OC)c3)n2)cn1. The monoisotopic (exact) mass is 384 g/mol. The van der Waals surface area contributed by atoms with Crippen molar-refractivity contribution < 1.29 is 23.7 Å². The number of carbonyl (C=O) groups excluding carboxylic acids is 1. The summed E-state index contributed by atoms with van der Waals surface area (Å²) >= 11 is 0. The predicted octanol–water partition coefficient (Wildman–Crippen LogP) is 2.25. The van der Waals surface area contributed by atoms with Crippen LogP contribution in [0.1, 0.15) is 10.4 Å². The van der Waals surface area contributed by atoms with Crippen LogP contribution >= 0.6 is 0 Å². The molecule has 0 radical (unpaired) electrons. The number of anilines is 1. The summed E-state index contributed by atoms with van der Waals surface area (Å²) in [4.78, 5) is 17.1. The molecule has 2 aromatic heterocycles. The first-order chi connectivity index (χ1) is 13.5. The van der Waals surface area contributed by atoms with Crippen molar-refractivity contribution in [3.8, 4) is 34.4 Å². The molecule has 0 unspecified atom stereocenters. The van der Waals surface area contributed by atoms with Crippen molar-refractivity contribution in [3.05, 3.63) is 42.1 Å². The van der Waals surface area contributed by atoms with E-state index >= 15 is 0 Å². The van der Waals surface area contributed by atoms with E-state index in [4.69, 9.17) is 24.7 Å². The number of ether oxygens (including phenoxy) is 4. The smallest absolute Gasteiger partial charge is 0.280 e. The van der Waals surface area contributed by atoms with Crippen LogP contribution in [-0.2, 0) is 0 Å². The zero-order chi connectivity index (χ0) is 20.3. The predicted molar refractivity (Wildman–Crippen MR) is 102 cm³/mol. The number of hydrogen-bond donors (Lipinski definition) is 1. The second kappa shape index (κ2) is 7.87. The number of aromatic nitrogens is 3. The van der Waals surface area contributed by atoms with Gasteiger partial charge >= 0.3 is 0 Å². The Balaban J connectivity index is 2.00. The minimum Gasteiger partial charge on any atom is -0.493 e. The second-order valence-corrected chi connectivity index (χ2v) is 5.67. The molecular weight excluding hydrogens is 364 g/mol. The highest BCUT2D eigenvalue weighted by Crippen LogP contribution is 2.38. The number of rotatable bonds is 6. The molecule has 9 nitrogen and oxygen atoms in total. The molecule has 0 aliphatic rings. The Kier molecular flexibility index (Phi) is 5.35. The maximum absolute atomic E-state index is 13.0. The van der Waals surface area contributed by atoms with Crippen molar-refractivity contribution in [2.75, 3.05) is 34.2 Å². The van der Waals surface area contributed by atoms with Gasteiger partial charge in [-0.05, 0) is 18.2 Å². The van der Waals surface area contributed by atoms with Gasteiger partial charge in [-0.3, -0.25) is 4.79 Å². The van der Waals surface area contributed by atoms with Gasteiger partial charge in [0.25, 0.3) is 5.91 Å². The number of benzene rings is 1. The lowest BCUT2D eigenvalue weighted by atomic mass is 10.1. The zero-order valence-corrected chi connectivity index (χ0v) is 15.9. The molecule has 28 heavy (non-hydrogen) atoms. The average molecular weight is 384 g/mol. The summed E-state index contributed by atoms with van der Waals surface area (Å²) in [6.07, 6.45) is 1.59. The van der Waals surface area contributed by atoms with Crippen LogP contribution in [0.5, 0.6) is 23.1 Å². The van der Waals surface area contributed by atoms with E-state index in [1.54, 1.807) is 36.5 Å². The number of hydrogen-bond acceptors (Lipinski definition) is 8. The average Bonchev–Trinajstić information content (AvgIpc) is 3.13. The van der Waals surface area contributed by atoms with Gasteiger partial charge in [-0.2, -0.15) is 9.78 Å². The molecule has 9 heteroatoms. The molecule has 0 amide bonds. The van der Waals surface area contributed by atoms with Crippen LogP contribution in [0.2, 0.25) is 0 Å². The Hall–Kier alpha value is -3.75. The molecule has 146 valence electrons. The molecule has 2 N–H and O–H groups in total. The molecular formula is C19H20N4O5. The summed E-state index contributed by atoms with van der Waals surface area (Å²) in [6.45, 7) is 0. The molecule has 0 bridgehead atoms. The first-order valence-corrected chi connectivity index (χ1v) is 8.23. The summed E-state index contributed by atoms with van der Waals surface area (Å²) in [6, 6.07) is 8.16. The Bertz CT molecular complexity index is 973. The molecule has 0 spiro atoms. The van der Waals surface area contributed by atoms with Crippen LogP contribution in [0.15, 0.2) is 36.5 Å². The number of nitrogens with zero attached hydrogens (tertiary/aromatic N) is 3. The molecule has 0 saturated heterocycles. The van der Waals surface area contributed by atoms with Gasteiger partial charge in [-0.15, -0.1) is 0 Å². The van der Waals surface area contributed by atoms with Crippen LogP contribution < -0.4 is 24.7 Å². The van der Waals surface area contributed by atoms with E-state index in [1.165, 1.54) is 28.4 Å². The van der Waals surface area contributed by atoms with Crippen LogP contribution in [0.4, 0.5) is 5.82 Å². The molecule has 0 saturated carbocycles. The van der Waals surface area contributed by atoms with Gasteiger partial charge in [0, 0.05) is 29.5 Å². The lowest BCUT2D eigenvalue weighted by molar-refractivity contribution is 0.0947. The van der Waals surface area contributed by atoms with E-state index in [9.17, 15) is 4.79 Å². The summed E-state index contributed by atoms with van der Waals surface area (Å²) < 4.78 is 22.0. The van der Waals surface area contributed by atoms with Gasteiger partial charge in [0.05, 0.1) is 34.1 Å². The van der Waals surface area contributed by atoms with Crippen LogP contribution in [-0.4, -0.2) is 49.1 Å². The number of methoxy groups -OCH3 is 4. The van der Waals surface area contributed by atoms with Crippen molar-refractivity contribution in [1.29, 1.82) is 0 Å². The van der Waals surface area contributed by atoms with Gasteiger partial charge in [-0.1, -0.05) is 0 Å². The van der Waals surface area contributed by atoms with Crippen molar-refractivity contribution in [3.63, 3.8) is 0 Å². The standard InChI is InChI=1S/C19H20N4O5/c1-25-14-7-12(8-15(26-2)18(14)28-4)19(24)23-16(20)9-13(22-23)11-5-6-17(27-3)21-10-11/h5-10H,20H2,1-4H3. The van der Waals surface area contributed by atoms with Gasteiger partial charge in [0.2, 0.25) is 11.6 Å². The van der Waals surface area contributed by atoms with Gasteiger partial charge in [0.15, 0.2) is 11.5 Å². The van der Waals surface area contributed by atoms with Gasteiger partial charge < -0.3 is 24.7 Å². The molecule has 3 aromatic rings. The third kappa shape index (κ3) is 3.41. The van der Waals surface area contributed by atoms with Gasteiger partial charge in [0.1, 0.15) is 5.82 Å². The highest BCUT2D eigenvalue weighted by molar-refractivity contribution is 5.98. The maximum Gasteiger partial charge on any atom is 0.280 e. The second-order valence-electron chi connectivity index (χ2n) is 5.67. The molecule has 0 atom stereocenters. The van der Waals surface area contributed by atoms with Crippen molar-refractivity contribution in [1.82, 2.24) is 14.8 Å². The minimum absolute atomic E-state index is 0.185. The summed E-state index contributed by atoms with van der Waals surface area (Å²) in [5.41, 5.74) is 7.50. The quantitative estimate of drug-likeness (QED) is 0.689. The van der Waals surface area contributed by atoms with Crippen molar-refractivity contribution >= 4 is 11.7 Å². The molecule has 0 aliphatic heterocycles. The lowest BCUT2D eigenvalue weighted by Crippen LogP contribution is -2.16. The fourth-order valence-electron chi connectivity index (χ4n) is 2.68. The number of nitrogens with two attached hydrogens (primary N) is 1. The fourth-order valence-corrected chi connectivity index (χ4v) is 2.68. The third-order valence-electron chi connectivity index (χ3n) is 4.08. The Morgan fingerprint density at radius 3 is 2.14 bits per heavy atom. The van der Waals surface area contributed by atoms with E-state index < -0.39 is 5.91 Å². The number of pyridine rings is 1. The highest BCUT2D eigenvalue weighted by Gasteiger charge is 2.21. The maximum atomic E-state index is 13.0. The third-order valence-corrected chi connectivity index (χ3v) is 4.08. The minimum atomic E-state index is -0.440. The number of carbonyl (C=O) groups is 1. The van der Waals surface area contributed by atoms with Crippen molar-refractivity contribution in [2.45, 2.75) is 0 Å². The first kappa shape index (κ1) is 19.0. The van der Waals surface area contributed by atoms with Crippen molar-refractivity contribution in [2.24, 2.45) is 0 Å². The summed E-state index contributed by atoms with van der Waals surface area (Å²) in [5.74, 6) is 1.32. The van der Waals surface area contributed by atoms with Crippen LogP contribution in [0, 0.1) is 0 Å². The van der Waals surface area contributed by atoms with Gasteiger partial charge in [-0.25, -0.2) is 4.98 Å². The summed E-state index contributed by atoms with van der Waals surface area (Å²) in [7, 11) is 5.97. The van der Waals surface area contributed by atoms with Crippen LogP contribution in [0.25, 0.3) is 11.3 Å². The van der Waals surface area contributed by atoms with E-state index in [0.717, 1.165) is 4.68 Å². The lowest BCUT2D eigenvalue weighted by Gasteiger charge is -2.13. The topological polar surface area (TPSA) is 111 Å². The highest BCUT2D eigenvalue weighted by atomic mass is 16.5. The Morgan fingerprint density at radius 2 is 1.64 bits per heavy atom. The Morgan fingerprint density at radius 1 is 0.964 bits per heavy atom. The van der Waals surface area contributed by atoms with E-state index in [-0.39, 0.29) is 11.4 Å². The van der Waals surface area contributed by atoms with E-state index in [1.807, 2.05) is 0 Å². The Labute approximate surface area is 161 Å². The molecule has 2 heterocycles. The van der Waals surface area contributed by atoms with E-state index in [2.05, 4.69) is 10.1 Å². The molecule has 3 rings (SSSR count). The number of nitrogen functional groups attached to an aromatic ring is 1. The van der Waals surface area contributed by atoms with Crippen LogP contribution in [0.3, 0.4) is 0 Å². The largest absolute Gasteiger partial charge is 0.493 e. The molecule has 0 aliphatic carbocycles. The zero-order valence-electron chi connectivity index (χ0n) is 15.9. The fraction of sp³-hybridized carbons (Fsp3) is 0.211. The van der Waals surface area contributed by atoms with E-state index in [0.29, 0.717) is 34.4 Å². The normalized spacial score (nSPS) is 10.4. The first-order valence-electron chi connectivity index (χ1n) is 8.23. The summed E-state index contributed by atoms with van der Waals surface area (Å²) in [5, 5.41) is 4.31.